The highest BCUT2D eigenvalue weighted by Crippen LogP contribution is 2.34. The van der Waals surface area contributed by atoms with Crippen LogP contribution in [0.2, 0.25) is 0 Å². The number of aliphatic hydroxyl groups excluding tert-OH is 2. The number of β-amino-alcohol motifs (C(OH)–C–C–N with tert-alkyl or cyclic N) is 1. The van der Waals surface area contributed by atoms with Gasteiger partial charge in [0.25, 0.3) is 0 Å². The van der Waals surface area contributed by atoms with E-state index in [1.165, 1.54) is 11.2 Å². The summed E-state index contributed by atoms with van der Waals surface area (Å²) in [6.07, 6.45) is -1.22. The summed E-state index contributed by atoms with van der Waals surface area (Å²) in [6.45, 7) is 5.29. The van der Waals surface area contributed by atoms with Crippen LogP contribution in [0.3, 0.4) is 0 Å². The number of furan rings is 1. The molecule has 6 nitrogen and oxygen atoms in total. The minimum atomic E-state index is -1.08. The van der Waals surface area contributed by atoms with Crippen molar-refractivity contribution in [2.75, 3.05) is 6.54 Å². The number of carbonyl (C=O) groups is 1. The number of hydrogen-bond acceptors (Lipinski definition) is 5. The van der Waals surface area contributed by atoms with Crippen LogP contribution in [0.4, 0.5) is 4.79 Å². The lowest BCUT2D eigenvalue weighted by atomic mass is 10.1. The van der Waals surface area contributed by atoms with E-state index in [9.17, 15) is 15.0 Å². The average Bonchev–Trinajstić information content (AvgIpc) is 2.86. The van der Waals surface area contributed by atoms with Gasteiger partial charge in [0.15, 0.2) is 0 Å². The molecule has 1 aromatic rings. The fourth-order valence-electron chi connectivity index (χ4n) is 2.11. The summed E-state index contributed by atoms with van der Waals surface area (Å²) in [5, 5.41) is 19.7. The van der Waals surface area contributed by atoms with Crippen LogP contribution in [0.1, 0.15) is 32.6 Å². The van der Waals surface area contributed by atoms with Crippen molar-refractivity contribution in [1.82, 2.24) is 4.90 Å². The number of aliphatic hydroxyl groups is 2. The molecule has 3 atom stereocenters. The average molecular weight is 269 g/mol. The highest BCUT2D eigenvalue weighted by atomic mass is 16.6. The lowest BCUT2D eigenvalue weighted by Gasteiger charge is -2.28. The predicted molar refractivity (Wildman–Crippen MR) is 66.4 cm³/mol. The molecule has 2 rings (SSSR count). The lowest BCUT2D eigenvalue weighted by Crippen LogP contribution is -2.37. The second-order valence-corrected chi connectivity index (χ2v) is 5.65. The molecule has 6 heteroatoms. The SMILES string of the molecule is CC(C)(C)OC(=O)N1C[C@H](O)[C@H](O)[C@H]1c1ccco1. The van der Waals surface area contributed by atoms with E-state index in [1.54, 1.807) is 32.9 Å². The van der Waals surface area contributed by atoms with Crippen molar-refractivity contribution in [1.29, 1.82) is 0 Å². The topological polar surface area (TPSA) is 83.1 Å². The van der Waals surface area contributed by atoms with E-state index in [0.717, 1.165) is 0 Å². The molecule has 1 fully saturated rings. The van der Waals surface area contributed by atoms with Crippen LogP contribution >= 0.6 is 0 Å². The predicted octanol–water partition coefficient (Wildman–Crippen LogP) is 1.29. The molecule has 0 aliphatic carbocycles. The molecule has 2 heterocycles. The summed E-state index contributed by atoms with van der Waals surface area (Å²) in [7, 11) is 0. The Balaban J connectivity index is 2.21. The molecule has 19 heavy (non-hydrogen) atoms. The summed E-state index contributed by atoms with van der Waals surface area (Å²) in [6, 6.07) is 2.60. The van der Waals surface area contributed by atoms with Gasteiger partial charge in [-0.2, -0.15) is 0 Å². The quantitative estimate of drug-likeness (QED) is 0.802. The number of carbonyl (C=O) groups excluding carboxylic acids is 1. The van der Waals surface area contributed by atoms with Gasteiger partial charge in [-0.15, -0.1) is 0 Å². The Morgan fingerprint density at radius 3 is 2.68 bits per heavy atom. The van der Waals surface area contributed by atoms with Crippen molar-refractivity contribution in [2.45, 2.75) is 44.6 Å². The molecule has 0 bridgehead atoms. The first kappa shape index (κ1) is 13.9. The second-order valence-electron chi connectivity index (χ2n) is 5.65. The summed E-state index contributed by atoms with van der Waals surface area (Å²) >= 11 is 0. The van der Waals surface area contributed by atoms with Gasteiger partial charge in [0, 0.05) is 0 Å². The van der Waals surface area contributed by atoms with Crippen LogP contribution in [-0.2, 0) is 4.74 Å². The van der Waals surface area contributed by atoms with Gasteiger partial charge in [-0.05, 0) is 32.9 Å². The largest absolute Gasteiger partial charge is 0.467 e. The maximum atomic E-state index is 12.1. The molecular formula is C13H19NO5. The first-order chi connectivity index (χ1) is 8.79. The molecule has 1 aromatic heterocycles. The summed E-state index contributed by atoms with van der Waals surface area (Å²) in [5.41, 5.74) is -0.636. The number of rotatable bonds is 1. The Morgan fingerprint density at radius 2 is 2.16 bits per heavy atom. The van der Waals surface area contributed by atoms with E-state index >= 15 is 0 Å². The van der Waals surface area contributed by atoms with Crippen LogP contribution in [-0.4, -0.2) is 45.6 Å². The first-order valence-electron chi connectivity index (χ1n) is 6.19. The summed E-state index contributed by atoms with van der Waals surface area (Å²) in [4.78, 5) is 13.4. The van der Waals surface area contributed by atoms with E-state index in [4.69, 9.17) is 9.15 Å². The van der Waals surface area contributed by atoms with Crippen molar-refractivity contribution in [3.63, 3.8) is 0 Å². The molecule has 0 aromatic carbocycles. The highest BCUT2D eigenvalue weighted by molar-refractivity contribution is 5.69. The van der Waals surface area contributed by atoms with E-state index in [0.29, 0.717) is 5.76 Å². The van der Waals surface area contributed by atoms with Gasteiger partial charge >= 0.3 is 6.09 Å². The maximum Gasteiger partial charge on any atom is 0.411 e. The molecule has 0 unspecified atom stereocenters. The zero-order chi connectivity index (χ0) is 14.2. The number of likely N-dealkylation sites (tertiary alicyclic amines) is 1. The Labute approximate surface area is 111 Å². The molecule has 0 radical (unpaired) electrons. The van der Waals surface area contributed by atoms with Crippen molar-refractivity contribution >= 4 is 6.09 Å². The fourth-order valence-corrected chi connectivity index (χ4v) is 2.11. The third kappa shape index (κ3) is 2.90. The highest BCUT2D eigenvalue weighted by Gasteiger charge is 2.46. The Hall–Kier alpha value is -1.53. The summed E-state index contributed by atoms with van der Waals surface area (Å²) < 4.78 is 10.5. The van der Waals surface area contributed by atoms with Crippen molar-refractivity contribution in [2.24, 2.45) is 0 Å². The second kappa shape index (κ2) is 4.86. The normalized spacial score (nSPS) is 27.6. The standard InChI is InChI=1S/C13H19NO5/c1-13(2,3)19-12(17)14-7-8(15)11(16)10(14)9-5-4-6-18-9/h4-6,8,10-11,15-16H,7H2,1-3H3/t8-,10+,11-/m0/s1. The van der Waals surface area contributed by atoms with Gasteiger partial charge in [-0.1, -0.05) is 0 Å². The smallest absolute Gasteiger partial charge is 0.411 e. The molecule has 2 N–H and O–H groups in total. The van der Waals surface area contributed by atoms with Gasteiger partial charge in [0.2, 0.25) is 0 Å². The zero-order valence-corrected chi connectivity index (χ0v) is 11.2. The van der Waals surface area contributed by atoms with E-state index in [1.807, 2.05) is 0 Å². The lowest BCUT2D eigenvalue weighted by molar-refractivity contribution is 0.00943. The molecule has 1 aliphatic rings. The van der Waals surface area contributed by atoms with E-state index < -0.39 is 29.9 Å². The van der Waals surface area contributed by atoms with Gasteiger partial charge in [-0.25, -0.2) is 4.79 Å². The van der Waals surface area contributed by atoms with E-state index in [2.05, 4.69) is 0 Å². The number of hydrogen-bond donors (Lipinski definition) is 2. The molecule has 0 spiro atoms. The minimum Gasteiger partial charge on any atom is -0.467 e. The van der Waals surface area contributed by atoms with Gasteiger partial charge in [0.1, 0.15) is 29.6 Å². The van der Waals surface area contributed by atoms with Gasteiger partial charge < -0.3 is 19.4 Å². The Kier molecular flexibility index (Phi) is 3.56. The third-order valence-electron chi connectivity index (χ3n) is 2.90. The van der Waals surface area contributed by atoms with Gasteiger partial charge in [0.05, 0.1) is 12.8 Å². The fraction of sp³-hybridized carbons (Fsp3) is 0.615. The van der Waals surface area contributed by atoms with Crippen LogP contribution in [0.5, 0.6) is 0 Å². The molecule has 1 amide bonds. The number of ether oxygens (including phenoxy) is 1. The summed E-state index contributed by atoms with van der Waals surface area (Å²) in [5.74, 6) is 0.426. The molecule has 1 saturated heterocycles. The van der Waals surface area contributed by atoms with Crippen LogP contribution < -0.4 is 0 Å². The Morgan fingerprint density at radius 1 is 1.47 bits per heavy atom. The maximum absolute atomic E-state index is 12.1. The molecular weight excluding hydrogens is 250 g/mol. The first-order valence-corrected chi connectivity index (χ1v) is 6.19. The van der Waals surface area contributed by atoms with Crippen LogP contribution in [0.25, 0.3) is 0 Å². The van der Waals surface area contributed by atoms with Crippen LogP contribution in [0, 0.1) is 0 Å². The molecule has 0 saturated carbocycles. The van der Waals surface area contributed by atoms with Crippen molar-refractivity contribution < 1.29 is 24.2 Å². The monoisotopic (exact) mass is 269 g/mol. The van der Waals surface area contributed by atoms with Crippen molar-refractivity contribution in [3.05, 3.63) is 24.2 Å². The number of nitrogens with zero attached hydrogens (tertiary/aromatic N) is 1. The molecule has 1 aliphatic heterocycles. The molecule has 106 valence electrons. The zero-order valence-electron chi connectivity index (χ0n) is 11.2. The van der Waals surface area contributed by atoms with Gasteiger partial charge in [-0.3, -0.25) is 4.90 Å². The van der Waals surface area contributed by atoms with E-state index in [-0.39, 0.29) is 6.54 Å². The Bertz CT molecular complexity index is 436. The minimum absolute atomic E-state index is 0.0153. The number of amides is 1. The third-order valence-corrected chi connectivity index (χ3v) is 2.90. The van der Waals surface area contributed by atoms with Crippen LogP contribution in [0.15, 0.2) is 22.8 Å². The van der Waals surface area contributed by atoms with Crippen molar-refractivity contribution in [3.8, 4) is 0 Å².